The van der Waals surface area contributed by atoms with Crippen molar-refractivity contribution in [1.29, 1.82) is 0 Å². The van der Waals surface area contributed by atoms with Crippen LogP contribution in [-0.2, 0) is 4.79 Å². The van der Waals surface area contributed by atoms with Crippen molar-refractivity contribution in [2.75, 3.05) is 32.8 Å². The number of carbonyl (C=O) groups is 1. The first-order valence-electron chi connectivity index (χ1n) is 6.45. The number of benzene rings is 1. The van der Waals surface area contributed by atoms with E-state index in [9.17, 15) is 22.4 Å². The van der Waals surface area contributed by atoms with Crippen molar-refractivity contribution in [2.24, 2.45) is 0 Å². The third-order valence-corrected chi connectivity index (χ3v) is 3.10. The molecule has 0 spiro atoms. The largest absolute Gasteiger partial charge is 0.477 e. The van der Waals surface area contributed by atoms with E-state index in [1.54, 1.807) is 0 Å². The van der Waals surface area contributed by atoms with Gasteiger partial charge in [-0.25, -0.2) is 8.78 Å². The Kier molecular flexibility index (Phi) is 5.00. The fraction of sp³-hybridized carbons (Fsp3) is 0.462. The molecule has 1 fully saturated rings. The van der Waals surface area contributed by atoms with Gasteiger partial charge in [0, 0.05) is 25.7 Å². The van der Waals surface area contributed by atoms with Gasteiger partial charge in [0.15, 0.2) is 24.0 Å². The van der Waals surface area contributed by atoms with Crippen molar-refractivity contribution < 1.29 is 27.1 Å². The summed E-state index contributed by atoms with van der Waals surface area (Å²) >= 11 is 0. The molecule has 21 heavy (non-hydrogen) atoms. The Morgan fingerprint density at radius 1 is 1.14 bits per heavy atom. The molecular formula is C13H14F4N2O2. The Morgan fingerprint density at radius 2 is 1.81 bits per heavy atom. The molecule has 1 heterocycles. The highest BCUT2D eigenvalue weighted by molar-refractivity contribution is 5.77. The Morgan fingerprint density at radius 3 is 2.48 bits per heavy atom. The van der Waals surface area contributed by atoms with Crippen LogP contribution in [0.15, 0.2) is 6.07 Å². The molecule has 0 atom stereocenters. The minimum Gasteiger partial charge on any atom is -0.477 e. The van der Waals surface area contributed by atoms with E-state index in [2.05, 4.69) is 10.1 Å². The van der Waals surface area contributed by atoms with Crippen LogP contribution in [-0.4, -0.2) is 43.6 Å². The van der Waals surface area contributed by atoms with Gasteiger partial charge < -0.3 is 15.0 Å². The number of hydrogen-bond donors (Lipinski definition) is 1. The monoisotopic (exact) mass is 306 g/mol. The molecule has 1 saturated heterocycles. The molecule has 0 unspecified atom stereocenters. The number of amides is 1. The molecule has 1 aliphatic heterocycles. The van der Waals surface area contributed by atoms with Crippen LogP contribution in [0.5, 0.6) is 5.75 Å². The van der Waals surface area contributed by atoms with Crippen LogP contribution >= 0.6 is 0 Å². The number of ether oxygens (including phenoxy) is 1. The van der Waals surface area contributed by atoms with Crippen molar-refractivity contribution in [1.82, 2.24) is 10.2 Å². The van der Waals surface area contributed by atoms with Gasteiger partial charge >= 0.3 is 0 Å². The summed E-state index contributed by atoms with van der Waals surface area (Å²) in [6.45, 7) is 1.60. The Bertz CT molecular complexity index is 505. The zero-order valence-electron chi connectivity index (χ0n) is 11.1. The highest BCUT2D eigenvalue weighted by atomic mass is 19.2. The molecule has 1 amide bonds. The number of rotatable bonds is 3. The van der Waals surface area contributed by atoms with Crippen LogP contribution in [0.2, 0.25) is 0 Å². The second-order valence-corrected chi connectivity index (χ2v) is 4.57. The van der Waals surface area contributed by atoms with E-state index in [1.165, 1.54) is 4.90 Å². The maximum absolute atomic E-state index is 13.4. The number of hydrogen-bond acceptors (Lipinski definition) is 3. The Balaban J connectivity index is 2.04. The highest BCUT2D eigenvalue weighted by Gasteiger charge is 2.23. The van der Waals surface area contributed by atoms with Crippen LogP contribution in [0.25, 0.3) is 0 Å². The number of nitrogens with one attached hydrogen (secondary N) is 1. The van der Waals surface area contributed by atoms with Crippen LogP contribution in [0, 0.1) is 23.3 Å². The summed E-state index contributed by atoms with van der Waals surface area (Å²) in [6, 6.07) is 0.0832. The van der Waals surface area contributed by atoms with Crippen molar-refractivity contribution in [2.45, 2.75) is 6.42 Å². The maximum atomic E-state index is 13.4. The molecule has 8 heteroatoms. The number of halogens is 4. The van der Waals surface area contributed by atoms with Crippen molar-refractivity contribution in [3.05, 3.63) is 29.3 Å². The molecule has 0 bridgehead atoms. The van der Waals surface area contributed by atoms with Crippen LogP contribution in [0.4, 0.5) is 17.6 Å². The minimum atomic E-state index is -1.65. The van der Waals surface area contributed by atoms with Gasteiger partial charge in [0.1, 0.15) is 0 Å². The van der Waals surface area contributed by atoms with Crippen molar-refractivity contribution >= 4 is 5.91 Å². The van der Waals surface area contributed by atoms with E-state index < -0.39 is 41.5 Å². The quantitative estimate of drug-likeness (QED) is 0.679. The van der Waals surface area contributed by atoms with E-state index in [4.69, 9.17) is 0 Å². The fourth-order valence-corrected chi connectivity index (χ4v) is 2.00. The molecule has 1 aromatic carbocycles. The van der Waals surface area contributed by atoms with Gasteiger partial charge in [-0.15, -0.1) is 0 Å². The highest BCUT2D eigenvalue weighted by Crippen LogP contribution is 2.26. The predicted molar refractivity (Wildman–Crippen MR) is 65.8 cm³/mol. The lowest BCUT2D eigenvalue weighted by molar-refractivity contribution is -0.133. The van der Waals surface area contributed by atoms with Crippen molar-refractivity contribution in [3.8, 4) is 5.75 Å². The van der Waals surface area contributed by atoms with Gasteiger partial charge in [0.05, 0.1) is 0 Å². The fourth-order valence-electron chi connectivity index (χ4n) is 2.00. The van der Waals surface area contributed by atoms with E-state index >= 15 is 0 Å². The van der Waals surface area contributed by atoms with E-state index in [-0.39, 0.29) is 6.07 Å². The average Bonchev–Trinajstić information content (AvgIpc) is 2.74. The average molecular weight is 306 g/mol. The summed E-state index contributed by atoms with van der Waals surface area (Å²) in [6.07, 6.45) is 0.739. The second kappa shape index (κ2) is 6.75. The van der Waals surface area contributed by atoms with Gasteiger partial charge in [-0.1, -0.05) is 0 Å². The summed E-state index contributed by atoms with van der Waals surface area (Å²) in [4.78, 5) is 13.3. The van der Waals surface area contributed by atoms with Crippen LogP contribution < -0.4 is 10.1 Å². The molecule has 0 radical (unpaired) electrons. The molecule has 0 aliphatic carbocycles. The van der Waals surface area contributed by atoms with Crippen molar-refractivity contribution in [3.63, 3.8) is 0 Å². The van der Waals surface area contributed by atoms with Gasteiger partial charge in [-0.2, -0.15) is 8.78 Å². The van der Waals surface area contributed by atoms with E-state index in [1.807, 2.05) is 0 Å². The molecule has 116 valence electrons. The third-order valence-electron chi connectivity index (χ3n) is 3.10. The molecule has 4 nitrogen and oxygen atoms in total. The lowest BCUT2D eigenvalue weighted by Gasteiger charge is -2.20. The normalized spacial score (nSPS) is 15.7. The molecule has 2 rings (SSSR count). The summed E-state index contributed by atoms with van der Waals surface area (Å²) in [5.41, 5.74) is 0. The molecule has 1 aliphatic rings. The van der Waals surface area contributed by atoms with Crippen LogP contribution in [0.3, 0.4) is 0 Å². The van der Waals surface area contributed by atoms with Crippen LogP contribution in [0.1, 0.15) is 6.42 Å². The van der Waals surface area contributed by atoms with Gasteiger partial charge in [-0.3, -0.25) is 4.79 Å². The van der Waals surface area contributed by atoms with Gasteiger partial charge in [0.2, 0.25) is 11.6 Å². The first kappa shape index (κ1) is 15.6. The summed E-state index contributed by atoms with van der Waals surface area (Å²) in [5.74, 6) is -8.17. The SMILES string of the molecule is O=C(COc1c(F)c(F)cc(F)c1F)N1CCCNCC1. The standard InChI is InChI=1S/C13H14F4N2O2/c14-8-6-9(15)12(17)13(11(8)16)21-7-10(20)19-4-1-2-18-3-5-19/h6,18H,1-5,7H2. The summed E-state index contributed by atoms with van der Waals surface area (Å²) in [5, 5.41) is 3.09. The lowest BCUT2D eigenvalue weighted by atomic mass is 10.3. The number of carbonyl (C=O) groups excluding carboxylic acids is 1. The maximum Gasteiger partial charge on any atom is 0.260 e. The minimum absolute atomic E-state index is 0.0832. The first-order chi connectivity index (χ1) is 10.0. The van der Waals surface area contributed by atoms with E-state index in [0.29, 0.717) is 19.6 Å². The second-order valence-electron chi connectivity index (χ2n) is 4.57. The molecule has 0 saturated carbocycles. The molecule has 1 aromatic rings. The zero-order valence-corrected chi connectivity index (χ0v) is 11.1. The third kappa shape index (κ3) is 3.63. The Hall–Kier alpha value is -1.83. The molecule has 0 aromatic heterocycles. The predicted octanol–water partition coefficient (Wildman–Crippen LogP) is 1.44. The zero-order chi connectivity index (χ0) is 15.4. The molecule has 1 N–H and O–H groups in total. The topological polar surface area (TPSA) is 41.6 Å². The summed E-state index contributed by atoms with van der Waals surface area (Å²) < 4.78 is 57.3. The van der Waals surface area contributed by atoms with E-state index in [0.717, 1.165) is 13.0 Å². The smallest absolute Gasteiger partial charge is 0.260 e. The summed E-state index contributed by atoms with van der Waals surface area (Å²) in [7, 11) is 0. The van der Waals surface area contributed by atoms with Gasteiger partial charge in [-0.05, 0) is 13.0 Å². The first-order valence-corrected chi connectivity index (χ1v) is 6.45. The van der Waals surface area contributed by atoms with Gasteiger partial charge in [0.25, 0.3) is 5.91 Å². The lowest BCUT2D eigenvalue weighted by Crippen LogP contribution is -2.37. The molecular weight excluding hydrogens is 292 g/mol. The number of nitrogens with zero attached hydrogens (tertiary/aromatic N) is 1. The Labute approximate surface area is 118 Å².